The summed E-state index contributed by atoms with van der Waals surface area (Å²) >= 11 is 0. The Morgan fingerprint density at radius 3 is 1.32 bits per heavy atom. The van der Waals surface area contributed by atoms with E-state index in [0.29, 0.717) is 36.4 Å². The van der Waals surface area contributed by atoms with Gasteiger partial charge in [0.2, 0.25) is 0 Å². The number of fused-ring (bicyclic) bond motifs is 3. The summed E-state index contributed by atoms with van der Waals surface area (Å²) in [5.74, 6) is -3.88. The first kappa shape index (κ1) is 61.4. The zero-order valence-electron chi connectivity index (χ0n) is 40.8. The molecule has 0 heterocycles. The lowest BCUT2D eigenvalue weighted by atomic mass is 10.0. The van der Waals surface area contributed by atoms with Crippen molar-refractivity contribution >= 4 is 154 Å². The van der Waals surface area contributed by atoms with E-state index in [1.165, 1.54) is 12.1 Å². The first-order valence-electron chi connectivity index (χ1n) is 21.7. The monoisotopic (exact) mass is 1300 g/mol. The zero-order valence-corrected chi connectivity index (χ0v) is 46.6. The second-order valence-corrected chi connectivity index (χ2v) is 26.5. The van der Waals surface area contributed by atoms with Gasteiger partial charge >= 0.3 is 0 Å². The molecular formula is C43H31N9O25S7. The van der Waals surface area contributed by atoms with Crippen LogP contribution < -0.4 is 10.5 Å². The van der Waals surface area contributed by atoms with Crippen LogP contribution in [0.1, 0.15) is 0 Å². The Labute approximate surface area is 470 Å². The Hall–Kier alpha value is -8.69. The summed E-state index contributed by atoms with van der Waals surface area (Å²) in [6.07, 6.45) is 0. The van der Waals surface area contributed by atoms with Crippen LogP contribution in [0, 0.1) is 0 Å². The average Bonchev–Trinajstić information content (AvgIpc) is 0.919. The molecule has 0 aliphatic rings. The van der Waals surface area contributed by atoms with E-state index < -0.39 is 195 Å². The topological polar surface area (TPSA) is 575 Å². The van der Waals surface area contributed by atoms with Crippen LogP contribution in [0.4, 0.5) is 51.2 Å². The average molecular weight is 1300 g/mol. The Balaban J connectivity index is 1.28. The van der Waals surface area contributed by atoms with E-state index in [9.17, 15) is 106 Å². The molecule has 0 bridgehead atoms. The highest BCUT2D eigenvalue weighted by atomic mass is 32.2. The SMILES string of the molecule is COc1ccc(N=Nc2c(S(=O)(=O)O)cc3cc(S(=O)(=O)O)c(N=Nc4cc(S(=O)(=O)O)c5cc(S(=O)(=O)O)c(N=Nc6ccc7c(O)c(N=Nc8ccccc8S(=O)(=O)O)c(S(=O)(=O)O)cc7c6)c(O)c5c4N)cc3c2O)c(S(=O)(=O)O)c1. The van der Waals surface area contributed by atoms with Crippen LogP contribution in [0.5, 0.6) is 23.0 Å². The fraction of sp³-hybridized carbons (Fsp3) is 0.0233. The van der Waals surface area contributed by atoms with Crippen molar-refractivity contribution in [1.82, 2.24) is 0 Å². The van der Waals surface area contributed by atoms with Gasteiger partial charge in [0.05, 0.1) is 23.9 Å². The number of phenolic OH excluding ortho intramolecular Hbond substituents is 3. The van der Waals surface area contributed by atoms with E-state index in [1.807, 2.05) is 0 Å². The van der Waals surface area contributed by atoms with Gasteiger partial charge in [-0.25, -0.2) is 0 Å². The summed E-state index contributed by atoms with van der Waals surface area (Å²) in [7, 11) is -36.5. The molecule has 8 aromatic carbocycles. The van der Waals surface area contributed by atoms with Crippen molar-refractivity contribution in [2.75, 3.05) is 12.8 Å². The summed E-state index contributed by atoms with van der Waals surface area (Å²) in [4.78, 5) is -8.24. The molecule has 0 fully saturated rings. The Kier molecular flexibility index (Phi) is 15.7. The minimum atomic E-state index is -5.64. The van der Waals surface area contributed by atoms with Crippen LogP contribution in [0.3, 0.4) is 0 Å². The largest absolute Gasteiger partial charge is 0.505 e. The predicted molar refractivity (Wildman–Crippen MR) is 286 cm³/mol. The highest BCUT2D eigenvalue weighted by molar-refractivity contribution is 7.87. The Morgan fingerprint density at radius 2 is 0.786 bits per heavy atom. The van der Waals surface area contributed by atoms with E-state index >= 15 is 0 Å². The fourth-order valence-corrected chi connectivity index (χ4v) is 12.4. The molecule has 0 aromatic heterocycles. The molecule has 440 valence electrons. The standard InChI is InChI=1S/C43H31N9O25S7/c1-77-21-7-9-26(32(14-21)81(65,66)67)47-52-39-34(83(71,72)73)13-19-11-31(80(62,63)64)27(15-23(19)42(39)54)48-49-28-17-30(79(59,60)61)24-16-35(84(74,75)76)40(43(55)36(24)37(28)44)50-45-20-6-8-22-18(10-20)12-33(82(68,69)70)38(41(22)53)51-46-25-4-2-3-5-29(25)78(56,57)58/h2-17,53-55H,44H2,1H3,(H,56,57,58)(H,59,60,61)(H,62,63,64)(H,65,66,67)(H,68,69,70)(H,71,72,73)(H,74,75,76). The lowest BCUT2D eigenvalue weighted by molar-refractivity contribution is 0.412. The minimum Gasteiger partial charge on any atom is -0.505 e. The van der Waals surface area contributed by atoms with Crippen molar-refractivity contribution in [3.8, 4) is 23.0 Å². The van der Waals surface area contributed by atoms with Crippen LogP contribution in [0.15, 0.2) is 172 Å². The number of hydrogen-bond acceptors (Lipinski definition) is 27. The maximum atomic E-state index is 12.9. The number of phenols is 3. The Morgan fingerprint density at radius 1 is 0.357 bits per heavy atom. The van der Waals surface area contributed by atoms with E-state index in [0.717, 1.165) is 55.6 Å². The maximum Gasteiger partial charge on any atom is 0.296 e. The highest BCUT2D eigenvalue weighted by Crippen LogP contribution is 2.50. The molecule has 0 unspecified atom stereocenters. The third kappa shape index (κ3) is 12.3. The lowest BCUT2D eigenvalue weighted by Crippen LogP contribution is -2.04. The summed E-state index contributed by atoms with van der Waals surface area (Å²) in [6, 6.07) is 13.2. The number of nitrogens with two attached hydrogens (primary N) is 1. The van der Waals surface area contributed by atoms with Gasteiger partial charge in [0.15, 0.2) is 17.2 Å². The molecule has 0 radical (unpaired) electrons. The molecule has 8 rings (SSSR count). The van der Waals surface area contributed by atoms with E-state index in [1.54, 1.807) is 0 Å². The number of aromatic hydroxyl groups is 3. The molecule has 0 spiro atoms. The van der Waals surface area contributed by atoms with Crippen LogP contribution in [0.25, 0.3) is 32.3 Å². The molecule has 0 amide bonds. The first-order chi connectivity index (χ1) is 38.7. The molecule has 41 heteroatoms. The molecule has 0 aliphatic heterocycles. The number of ether oxygens (including phenoxy) is 1. The van der Waals surface area contributed by atoms with Gasteiger partial charge in [-0.05, 0) is 89.6 Å². The number of methoxy groups -OCH3 is 1. The zero-order chi connectivity index (χ0) is 62.2. The number of benzene rings is 8. The Bertz CT molecular complexity index is 5200. The van der Waals surface area contributed by atoms with E-state index in [4.69, 9.17) is 10.5 Å². The van der Waals surface area contributed by atoms with E-state index in [-0.39, 0.29) is 16.5 Å². The second-order valence-electron chi connectivity index (χ2n) is 16.8. The normalized spacial score (nSPS) is 13.4. The fourth-order valence-electron chi connectivity index (χ4n) is 7.83. The van der Waals surface area contributed by atoms with Crippen molar-refractivity contribution in [2.24, 2.45) is 40.9 Å². The molecule has 0 saturated carbocycles. The van der Waals surface area contributed by atoms with Crippen molar-refractivity contribution in [1.29, 1.82) is 0 Å². The number of hydrogen-bond donors (Lipinski definition) is 11. The third-order valence-corrected chi connectivity index (χ3v) is 17.7. The quantitative estimate of drug-likeness (QED) is 0.0246. The van der Waals surface area contributed by atoms with Gasteiger partial charge in [-0.3, -0.25) is 31.9 Å². The van der Waals surface area contributed by atoms with Gasteiger partial charge in [-0.1, -0.05) is 12.1 Å². The van der Waals surface area contributed by atoms with Gasteiger partial charge < -0.3 is 25.8 Å². The molecule has 34 nitrogen and oxygen atoms in total. The number of azo groups is 4. The van der Waals surface area contributed by atoms with Crippen LogP contribution in [-0.4, -0.2) is 113 Å². The second kappa shape index (κ2) is 21.5. The summed E-state index contributed by atoms with van der Waals surface area (Å²) in [5, 5.41) is 59.6. The number of nitrogen functional groups attached to an aromatic ring is 1. The lowest BCUT2D eigenvalue weighted by Gasteiger charge is -2.14. The molecular weight excluding hydrogens is 1270 g/mol. The van der Waals surface area contributed by atoms with E-state index in [2.05, 4.69) is 40.9 Å². The molecule has 12 N–H and O–H groups in total. The van der Waals surface area contributed by atoms with Crippen molar-refractivity contribution in [2.45, 2.75) is 34.3 Å². The van der Waals surface area contributed by atoms with Gasteiger partial charge in [0.25, 0.3) is 70.8 Å². The third-order valence-electron chi connectivity index (χ3n) is 11.5. The predicted octanol–water partition coefficient (Wildman–Crippen LogP) is 8.24. The van der Waals surface area contributed by atoms with Gasteiger partial charge in [0, 0.05) is 22.2 Å². The molecule has 84 heavy (non-hydrogen) atoms. The highest BCUT2D eigenvalue weighted by Gasteiger charge is 2.31. The molecule has 8 aromatic rings. The van der Waals surface area contributed by atoms with Crippen LogP contribution in [0.2, 0.25) is 0 Å². The van der Waals surface area contributed by atoms with Gasteiger partial charge in [-0.15, -0.1) is 35.8 Å². The van der Waals surface area contributed by atoms with Crippen molar-refractivity contribution < 1.29 is 111 Å². The molecule has 0 saturated heterocycles. The van der Waals surface area contributed by atoms with Gasteiger partial charge in [-0.2, -0.15) is 64.0 Å². The summed E-state index contributed by atoms with van der Waals surface area (Å²) in [5.41, 5.74) is -1.63. The van der Waals surface area contributed by atoms with Crippen LogP contribution >= 0.6 is 0 Å². The summed E-state index contributed by atoms with van der Waals surface area (Å²) in [6.45, 7) is 0. The first-order valence-corrected chi connectivity index (χ1v) is 31.8. The van der Waals surface area contributed by atoms with Crippen LogP contribution in [-0.2, 0) is 70.8 Å². The smallest absolute Gasteiger partial charge is 0.296 e. The summed E-state index contributed by atoms with van der Waals surface area (Å²) < 4.78 is 251. The number of anilines is 1. The van der Waals surface area contributed by atoms with Gasteiger partial charge in [0.1, 0.15) is 79.8 Å². The maximum absolute atomic E-state index is 12.9. The van der Waals surface area contributed by atoms with Crippen molar-refractivity contribution in [3.05, 3.63) is 97.1 Å². The van der Waals surface area contributed by atoms with Crippen molar-refractivity contribution in [3.63, 3.8) is 0 Å². The molecule has 0 aliphatic carbocycles. The number of nitrogens with zero attached hydrogens (tertiary/aromatic N) is 8. The molecule has 0 atom stereocenters. The minimum absolute atomic E-state index is 0.125. The number of rotatable bonds is 16.